The number of halogens is 1. The van der Waals surface area contributed by atoms with E-state index in [1.807, 2.05) is 43.3 Å². The molecule has 1 aliphatic heterocycles. The van der Waals surface area contributed by atoms with Crippen LogP contribution in [0.5, 0.6) is 0 Å². The first kappa shape index (κ1) is 19.2. The van der Waals surface area contributed by atoms with Crippen molar-refractivity contribution >= 4 is 35.0 Å². The minimum Gasteiger partial charge on any atom is -0.322 e. The van der Waals surface area contributed by atoms with Crippen LogP contribution in [0.2, 0.25) is 0 Å². The first-order valence-corrected chi connectivity index (χ1v) is 10.2. The van der Waals surface area contributed by atoms with Crippen molar-refractivity contribution in [3.05, 3.63) is 95.3 Å². The summed E-state index contributed by atoms with van der Waals surface area (Å²) >= 11 is 1.48. The monoisotopic (exact) mass is 406 g/mol. The Bertz CT molecular complexity index is 1070. The lowest BCUT2D eigenvalue weighted by Crippen LogP contribution is -2.27. The molecule has 0 radical (unpaired) electrons. The van der Waals surface area contributed by atoms with E-state index in [1.165, 1.54) is 23.9 Å². The summed E-state index contributed by atoms with van der Waals surface area (Å²) in [7, 11) is 0. The van der Waals surface area contributed by atoms with Gasteiger partial charge in [-0.3, -0.25) is 14.5 Å². The van der Waals surface area contributed by atoms with Gasteiger partial charge in [0.25, 0.3) is 5.91 Å². The zero-order valence-corrected chi connectivity index (χ0v) is 16.6. The highest BCUT2D eigenvalue weighted by atomic mass is 32.2. The number of carbonyl (C=O) groups is 2. The van der Waals surface area contributed by atoms with E-state index in [0.717, 1.165) is 11.1 Å². The number of thioether (sulfide) groups is 1. The fourth-order valence-electron chi connectivity index (χ4n) is 3.25. The van der Waals surface area contributed by atoms with Crippen LogP contribution < -0.4 is 10.2 Å². The van der Waals surface area contributed by atoms with Crippen LogP contribution >= 0.6 is 11.8 Å². The van der Waals surface area contributed by atoms with Gasteiger partial charge in [0, 0.05) is 16.9 Å². The first-order chi connectivity index (χ1) is 14.0. The van der Waals surface area contributed by atoms with Gasteiger partial charge in [-0.05, 0) is 55.0 Å². The van der Waals surface area contributed by atoms with E-state index in [2.05, 4.69) is 5.32 Å². The number of nitrogens with one attached hydrogen (secondary N) is 1. The number of amides is 2. The number of nitrogens with zero attached hydrogens (tertiary/aromatic N) is 1. The van der Waals surface area contributed by atoms with Crippen molar-refractivity contribution < 1.29 is 14.0 Å². The standard InChI is InChI=1S/C23H19FN2O2S/c1-15-8-10-16(11-9-15)22(28)25-19-6-2-4-17(12-19)23-26(21(27)14-29-23)20-7-3-5-18(24)13-20/h2-13,23H,14H2,1H3,(H,25,28)/t23-/m0/s1. The number of aryl methyl sites for hydroxylation is 1. The van der Waals surface area contributed by atoms with E-state index in [0.29, 0.717) is 22.7 Å². The zero-order chi connectivity index (χ0) is 20.4. The maximum atomic E-state index is 13.7. The lowest BCUT2D eigenvalue weighted by Gasteiger charge is -2.24. The van der Waals surface area contributed by atoms with E-state index in [-0.39, 0.29) is 23.0 Å². The maximum Gasteiger partial charge on any atom is 0.255 e. The molecule has 0 bridgehead atoms. The van der Waals surface area contributed by atoms with Crippen molar-refractivity contribution in [1.82, 2.24) is 0 Å². The van der Waals surface area contributed by atoms with E-state index >= 15 is 0 Å². The second-order valence-electron chi connectivity index (χ2n) is 6.85. The molecule has 4 nitrogen and oxygen atoms in total. The maximum absolute atomic E-state index is 13.7. The van der Waals surface area contributed by atoms with Crippen LogP contribution in [0, 0.1) is 12.7 Å². The van der Waals surface area contributed by atoms with E-state index in [4.69, 9.17) is 0 Å². The molecule has 0 aliphatic carbocycles. The Kier molecular flexibility index (Phi) is 5.36. The molecule has 0 spiro atoms. The third-order valence-corrected chi connectivity index (χ3v) is 5.91. The molecule has 3 aromatic carbocycles. The van der Waals surface area contributed by atoms with Gasteiger partial charge < -0.3 is 5.32 Å². The smallest absolute Gasteiger partial charge is 0.255 e. The molecule has 0 saturated carbocycles. The van der Waals surface area contributed by atoms with Gasteiger partial charge in [0.05, 0.1) is 5.75 Å². The first-order valence-electron chi connectivity index (χ1n) is 9.18. The summed E-state index contributed by atoms with van der Waals surface area (Å²) in [6, 6.07) is 20.8. The second kappa shape index (κ2) is 8.09. The lowest BCUT2D eigenvalue weighted by molar-refractivity contribution is -0.115. The van der Waals surface area contributed by atoms with Gasteiger partial charge in [-0.1, -0.05) is 35.9 Å². The highest BCUT2D eigenvalue weighted by Gasteiger charge is 2.34. The predicted molar refractivity (Wildman–Crippen MR) is 115 cm³/mol. The van der Waals surface area contributed by atoms with Crippen molar-refractivity contribution in [3.63, 3.8) is 0 Å². The minimum atomic E-state index is -0.384. The minimum absolute atomic E-state index is 0.0697. The molecule has 1 atom stereocenters. The average molecular weight is 406 g/mol. The summed E-state index contributed by atoms with van der Waals surface area (Å²) in [4.78, 5) is 26.6. The van der Waals surface area contributed by atoms with Gasteiger partial charge in [0.15, 0.2) is 0 Å². The molecule has 3 aromatic rings. The van der Waals surface area contributed by atoms with Crippen molar-refractivity contribution in [2.75, 3.05) is 16.0 Å². The molecule has 1 aliphatic rings. The molecule has 1 N–H and O–H groups in total. The summed E-state index contributed by atoms with van der Waals surface area (Å²) in [5.74, 6) is -0.328. The van der Waals surface area contributed by atoms with Gasteiger partial charge in [0.2, 0.25) is 5.91 Å². The topological polar surface area (TPSA) is 49.4 Å². The molecule has 146 valence electrons. The fourth-order valence-corrected chi connectivity index (χ4v) is 4.42. The van der Waals surface area contributed by atoms with Gasteiger partial charge >= 0.3 is 0 Å². The Labute approximate surface area is 172 Å². The molecule has 1 heterocycles. The predicted octanol–water partition coefficient (Wildman–Crippen LogP) is 5.17. The Hall–Kier alpha value is -3.12. The van der Waals surface area contributed by atoms with Crippen molar-refractivity contribution in [2.45, 2.75) is 12.3 Å². The number of anilines is 2. The van der Waals surface area contributed by atoms with Crippen LogP contribution in [-0.4, -0.2) is 17.6 Å². The molecule has 4 rings (SSSR count). The van der Waals surface area contributed by atoms with Crippen LogP contribution in [0.1, 0.15) is 26.9 Å². The average Bonchev–Trinajstić information content (AvgIpc) is 3.10. The van der Waals surface area contributed by atoms with E-state index in [1.54, 1.807) is 29.2 Å². The van der Waals surface area contributed by atoms with Gasteiger partial charge in [-0.2, -0.15) is 0 Å². The SMILES string of the molecule is Cc1ccc(C(=O)Nc2cccc([C@@H]3SCC(=O)N3c3cccc(F)c3)c2)cc1. The third-order valence-electron chi connectivity index (χ3n) is 4.70. The lowest BCUT2D eigenvalue weighted by atomic mass is 10.1. The molecule has 6 heteroatoms. The Morgan fingerprint density at radius 2 is 1.83 bits per heavy atom. The van der Waals surface area contributed by atoms with Gasteiger partial charge in [0.1, 0.15) is 11.2 Å². The Morgan fingerprint density at radius 1 is 1.07 bits per heavy atom. The number of rotatable bonds is 4. The molecule has 2 amide bonds. The van der Waals surface area contributed by atoms with Crippen molar-refractivity contribution in [3.8, 4) is 0 Å². The number of carbonyl (C=O) groups excluding carboxylic acids is 2. The molecule has 1 fully saturated rings. The van der Waals surface area contributed by atoms with Crippen LogP contribution in [0.15, 0.2) is 72.8 Å². The summed E-state index contributed by atoms with van der Waals surface area (Å²) in [5, 5.41) is 2.63. The zero-order valence-electron chi connectivity index (χ0n) is 15.8. The Balaban J connectivity index is 1.58. The third kappa shape index (κ3) is 4.17. The highest BCUT2D eigenvalue weighted by molar-refractivity contribution is 8.00. The summed E-state index contributed by atoms with van der Waals surface area (Å²) in [5.41, 5.74) is 3.70. The summed E-state index contributed by atoms with van der Waals surface area (Å²) < 4.78 is 13.7. The Morgan fingerprint density at radius 3 is 2.59 bits per heavy atom. The molecule has 29 heavy (non-hydrogen) atoms. The molecule has 0 unspecified atom stereocenters. The van der Waals surface area contributed by atoms with Crippen LogP contribution in [0.3, 0.4) is 0 Å². The van der Waals surface area contributed by atoms with E-state index in [9.17, 15) is 14.0 Å². The van der Waals surface area contributed by atoms with Gasteiger partial charge in [-0.15, -0.1) is 11.8 Å². The molecule has 0 aromatic heterocycles. The van der Waals surface area contributed by atoms with Crippen molar-refractivity contribution in [2.24, 2.45) is 0 Å². The normalized spacial score (nSPS) is 16.1. The summed E-state index contributed by atoms with van der Waals surface area (Å²) in [6.07, 6.45) is 0. The van der Waals surface area contributed by atoms with Gasteiger partial charge in [-0.25, -0.2) is 4.39 Å². The largest absolute Gasteiger partial charge is 0.322 e. The summed E-state index contributed by atoms with van der Waals surface area (Å²) in [6.45, 7) is 1.97. The number of benzene rings is 3. The van der Waals surface area contributed by atoms with Crippen LogP contribution in [0.25, 0.3) is 0 Å². The fraction of sp³-hybridized carbons (Fsp3) is 0.130. The number of hydrogen-bond donors (Lipinski definition) is 1. The quantitative estimate of drug-likeness (QED) is 0.651. The van der Waals surface area contributed by atoms with E-state index < -0.39 is 0 Å². The molecule has 1 saturated heterocycles. The second-order valence-corrected chi connectivity index (χ2v) is 7.92. The van der Waals surface area contributed by atoms with Crippen molar-refractivity contribution in [1.29, 1.82) is 0 Å². The molecular formula is C23H19FN2O2S. The van der Waals surface area contributed by atoms with Crippen LogP contribution in [0.4, 0.5) is 15.8 Å². The molecular weight excluding hydrogens is 387 g/mol. The number of hydrogen-bond acceptors (Lipinski definition) is 3. The highest BCUT2D eigenvalue weighted by Crippen LogP contribution is 2.42. The van der Waals surface area contributed by atoms with Crippen LogP contribution in [-0.2, 0) is 4.79 Å².